The lowest BCUT2D eigenvalue weighted by atomic mass is 10.2. The monoisotopic (exact) mass is 311 g/mol. The van der Waals surface area contributed by atoms with Crippen molar-refractivity contribution in [3.8, 4) is 17.1 Å². The van der Waals surface area contributed by atoms with Gasteiger partial charge in [0.25, 0.3) is 0 Å². The van der Waals surface area contributed by atoms with Crippen LogP contribution in [0.2, 0.25) is 0 Å². The van der Waals surface area contributed by atoms with Gasteiger partial charge in [-0.25, -0.2) is 9.97 Å². The van der Waals surface area contributed by atoms with Crippen LogP contribution in [0.1, 0.15) is 24.6 Å². The highest BCUT2D eigenvalue weighted by Crippen LogP contribution is 2.39. The first-order valence-electron chi connectivity index (χ1n) is 7.57. The van der Waals surface area contributed by atoms with Crippen LogP contribution in [0.5, 0.6) is 5.75 Å². The maximum Gasteiger partial charge on any atom is 0.161 e. The molecule has 1 unspecified atom stereocenters. The van der Waals surface area contributed by atoms with E-state index in [9.17, 15) is 5.11 Å². The lowest BCUT2D eigenvalue weighted by Gasteiger charge is -2.24. The van der Waals surface area contributed by atoms with E-state index < -0.39 is 0 Å². The Labute approximate surface area is 133 Å². The molecule has 1 aromatic carbocycles. The normalized spacial score (nSPS) is 18.6. The number of thioether (sulfide) groups is 1. The molecule has 4 nitrogen and oxygen atoms in total. The fourth-order valence-corrected chi connectivity index (χ4v) is 4.30. The van der Waals surface area contributed by atoms with Crippen LogP contribution in [0.25, 0.3) is 22.6 Å². The highest BCUT2D eigenvalue weighted by atomic mass is 32.2. The predicted molar refractivity (Wildman–Crippen MR) is 90.0 cm³/mol. The Morgan fingerprint density at radius 2 is 2.14 bits per heavy atom. The second-order valence-electron chi connectivity index (χ2n) is 5.52. The van der Waals surface area contributed by atoms with E-state index in [0.717, 1.165) is 29.0 Å². The van der Waals surface area contributed by atoms with Gasteiger partial charge in [0.1, 0.15) is 17.1 Å². The first-order chi connectivity index (χ1) is 10.8. The number of phenols is 1. The number of hydrogen-bond donors (Lipinski definition) is 1. The zero-order valence-corrected chi connectivity index (χ0v) is 13.0. The van der Waals surface area contributed by atoms with Gasteiger partial charge in [0.05, 0.1) is 5.37 Å². The van der Waals surface area contributed by atoms with Gasteiger partial charge in [0.2, 0.25) is 0 Å². The topological polar surface area (TPSA) is 50.9 Å². The molecule has 0 radical (unpaired) electrons. The van der Waals surface area contributed by atoms with Gasteiger partial charge < -0.3 is 5.11 Å². The molecule has 112 valence electrons. The summed E-state index contributed by atoms with van der Waals surface area (Å²) in [5.41, 5.74) is 2.77. The minimum atomic E-state index is 0.264. The average Bonchev–Trinajstić information content (AvgIpc) is 2.95. The van der Waals surface area contributed by atoms with Crippen LogP contribution in [-0.4, -0.2) is 25.4 Å². The number of hydrogen-bond acceptors (Lipinski definition) is 4. The molecular formula is C17H17N3OS. The smallest absolute Gasteiger partial charge is 0.161 e. The number of nitrogens with zero attached hydrogens (tertiary/aromatic N) is 3. The Bertz CT molecular complexity index is 809. The Morgan fingerprint density at radius 1 is 1.18 bits per heavy atom. The van der Waals surface area contributed by atoms with Gasteiger partial charge in [0.15, 0.2) is 5.65 Å². The summed E-state index contributed by atoms with van der Waals surface area (Å²) in [6, 6.07) is 11.2. The van der Waals surface area contributed by atoms with Crippen molar-refractivity contribution in [3.63, 3.8) is 0 Å². The molecule has 1 aliphatic heterocycles. The quantitative estimate of drug-likeness (QED) is 0.770. The minimum absolute atomic E-state index is 0.264. The lowest BCUT2D eigenvalue weighted by molar-refractivity contribution is 0.475. The van der Waals surface area contributed by atoms with Crippen LogP contribution in [0, 0.1) is 0 Å². The summed E-state index contributed by atoms with van der Waals surface area (Å²) < 4.78 is 2.24. The van der Waals surface area contributed by atoms with E-state index in [1.807, 2.05) is 42.2 Å². The van der Waals surface area contributed by atoms with Crippen molar-refractivity contribution in [2.75, 3.05) is 5.75 Å². The number of imidazole rings is 1. The van der Waals surface area contributed by atoms with Crippen LogP contribution in [-0.2, 0) is 0 Å². The second kappa shape index (κ2) is 5.65. The maximum atomic E-state index is 9.79. The number of aromatic nitrogens is 3. The van der Waals surface area contributed by atoms with Gasteiger partial charge in [-0.2, -0.15) is 0 Å². The largest absolute Gasteiger partial charge is 0.508 e. The Morgan fingerprint density at radius 3 is 2.95 bits per heavy atom. The van der Waals surface area contributed by atoms with E-state index in [1.165, 1.54) is 18.6 Å². The van der Waals surface area contributed by atoms with Crippen LogP contribution in [0.3, 0.4) is 0 Å². The van der Waals surface area contributed by atoms with E-state index in [-0.39, 0.29) is 5.75 Å². The van der Waals surface area contributed by atoms with Gasteiger partial charge in [-0.05, 0) is 49.3 Å². The molecule has 2 aromatic heterocycles. The molecule has 1 N–H and O–H groups in total. The lowest BCUT2D eigenvalue weighted by Crippen LogP contribution is -2.12. The molecule has 0 spiro atoms. The Balaban J connectivity index is 1.93. The first-order valence-corrected chi connectivity index (χ1v) is 8.62. The fraction of sp³-hybridized carbons (Fsp3) is 0.294. The molecule has 1 atom stereocenters. The van der Waals surface area contributed by atoms with E-state index in [4.69, 9.17) is 4.98 Å². The van der Waals surface area contributed by atoms with Gasteiger partial charge in [0, 0.05) is 11.8 Å². The number of phenolic OH excluding ortho intramolecular Hbond substituents is 1. The molecule has 3 heterocycles. The third kappa shape index (κ3) is 2.35. The zero-order valence-electron chi connectivity index (χ0n) is 12.1. The SMILES string of the molecule is Oc1cccc(-c2nc3cccnc3n2C2CCCCS2)c1. The van der Waals surface area contributed by atoms with Crippen molar-refractivity contribution >= 4 is 22.9 Å². The molecule has 1 fully saturated rings. The third-order valence-corrected chi connectivity index (χ3v) is 5.35. The molecule has 4 rings (SSSR count). The Kier molecular flexibility index (Phi) is 3.50. The maximum absolute atomic E-state index is 9.79. The Hall–Kier alpha value is -2.01. The van der Waals surface area contributed by atoms with Crippen LogP contribution in [0.4, 0.5) is 0 Å². The van der Waals surface area contributed by atoms with Gasteiger partial charge >= 0.3 is 0 Å². The van der Waals surface area contributed by atoms with Gasteiger partial charge in [-0.3, -0.25) is 4.57 Å². The molecule has 0 saturated carbocycles. The highest BCUT2D eigenvalue weighted by molar-refractivity contribution is 7.99. The molecule has 0 amide bonds. The molecule has 1 saturated heterocycles. The molecule has 3 aromatic rings. The van der Waals surface area contributed by atoms with Crippen molar-refractivity contribution in [1.29, 1.82) is 0 Å². The third-order valence-electron chi connectivity index (χ3n) is 4.00. The molecule has 1 aliphatic rings. The fourth-order valence-electron chi connectivity index (χ4n) is 2.98. The molecule has 5 heteroatoms. The summed E-state index contributed by atoms with van der Waals surface area (Å²) in [5, 5.41) is 10.2. The summed E-state index contributed by atoms with van der Waals surface area (Å²) in [7, 11) is 0. The van der Waals surface area contributed by atoms with Crippen molar-refractivity contribution in [2.45, 2.75) is 24.6 Å². The average molecular weight is 311 g/mol. The number of fused-ring (bicyclic) bond motifs is 1. The summed E-state index contributed by atoms with van der Waals surface area (Å²) in [6.45, 7) is 0. The van der Waals surface area contributed by atoms with E-state index in [0.29, 0.717) is 5.37 Å². The summed E-state index contributed by atoms with van der Waals surface area (Å²) in [6.07, 6.45) is 5.48. The summed E-state index contributed by atoms with van der Waals surface area (Å²) >= 11 is 1.97. The number of rotatable bonds is 2. The number of pyridine rings is 1. The van der Waals surface area contributed by atoms with Gasteiger partial charge in [-0.15, -0.1) is 11.8 Å². The summed E-state index contributed by atoms with van der Waals surface area (Å²) in [4.78, 5) is 9.32. The zero-order chi connectivity index (χ0) is 14.9. The first kappa shape index (κ1) is 13.6. The van der Waals surface area contributed by atoms with E-state index in [1.54, 1.807) is 12.1 Å². The number of aromatic hydroxyl groups is 1. The van der Waals surface area contributed by atoms with E-state index in [2.05, 4.69) is 9.55 Å². The highest BCUT2D eigenvalue weighted by Gasteiger charge is 2.23. The molecule has 22 heavy (non-hydrogen) atoms. The molecule has 0 aliphatic carbocycles. The summed E-state index contributed by atoms with van der Waals surface area (Å²) in [5.74, 6) is 2.33. The van der Waals surface area contributed by atoms with E-state index >= 15 is 0 Å². The van der Waals surface area contributed by atoms with Crippen molar-refractivity contribution in [2.24, 2.45) is 0 Å². The number of benzene rings is 1. The standard InChI is InChI=1S/C17H17N3OS/c21-13-6-3-5-12(11-13)16-19-14-7-4-9-18-17(14)20(16)15-8-1-2-10-22-15/h3-7,9,11,15,21H,1-2,8,10H2. The van der Waals surface area contributed by atoms with Crippen LogP contribution in [0.15, 0.2) is 42.6 Å². The van der Waals surface area contributed by atoms with Crippen molar-refractivity contribution in [3.05, 3.63) is 42.6 Å². The van der Waals surface area contributed by atoms with Crippen molar-refractivity contribution < 1.29 is 5.11 Å². The minimum Gasteiger partial charge on any atom is -0.508 e. The van der Waals surface area contributed by atoms with Crippen LogP contribution >= 0.6 is 11.8 Å². The van der Waals surface area contributed by atoms with Gasteiger partial charge in [-0.1, -0.05) is 12.1 Å². The predicted octanol–water partition coefficient (Wildman–Crippen LogP) is 4.22. The second-order valence-corrected chi connectivity index (χ2v) is 6.81. The molecular weight excluding hydrogens is 294 g/mol. The van der Waals surface area contributed by atoms with Crippen LogP contribution < -0.4 is 0 Å². The molecule has 0 bridgehead atoms. The van der Waals surface area contributed by atoms with Crippen molar-refractivity contribution in [1.82, 2.24) is 14.5 Å².